The molecule has 1 aromatic heterocycles. The third kappa shape index (κ3) is 4.79. The summed E-state index contributed by atoms with van der Waals surface area (Å²) in [6.07, 6.45) is -0.0143. The molecule has 0 aliphatic carbocycles. The Morgan fingerprint density at radius 3 is 2.52 bits per heavy atom. The van der Waals surface area contributed by atoms with Crippen LogP contribution in [0.15, 0.2) is 60.7 Å². The number of fused-ring (bicyclic) bond motifs is 1. The van der Waals surface area contributed by atoms with Crippen molar-refractivity contribution < 1.29 is 23.8 Å². The van der Waals surface area contributed by atoms with Crippen molar-refractivity contribution in [2.75, 3.05) is 13.2 Å². The molecule has 0 bridgehead atoms. The predicted octanol–water partition coefficient (Wildman–Crippen LogP) is 3.91. The van der Waals surface area contributed by atoms with Gasteiger partial charge in [-0.25, -0.2) is 0 Å². The molecule has 0 saturated heterocycles. The van der Waals surface area contributed by atoms with Gasteiger partial charge in [0.2, 0.25) is 5.78 Å². The smallest absolute Gasteiger partial charge is 0.310 e. The van der Waals surface area contributed by atoms with E-state index >= 15 is 0 Å². The summed E-state index contributed by atoms with van der Waals surface area (Å²) in [5, 5.41) is 0. The first-order valence-electron chi connectivity index (χ1n) is 10.3. The lowest BCUT2D eigenvalue weighted by molar-refractivity contribution is -0.141. The number of aryl methyl sites for hydroxylation is 1. The lowest BCUT2D eigenvalue weighted by atomic mass is 10.1. The van der Waals surface area contributed by atoms with E-state index in [4.69, 9.17) is 14.2 Å². The molecule has 0 saturated carbocycles. The van der Waals surface area contributed by atoms with Crippen molar-refractivity contribution in [3.63, 3.8) is 0 Å². The van der Waals surface area contributed by atoms with Gasteiger partial charge in [0.15, 0.2) is 24.2 Å². The van der Waals surface area contributed by atoms with Gasteiger partial charge in [-0.1, -0.05) is 42.5 Å². The van der Waals surface area contributed by atoms with Crippen LogP contribution in [0.5, 0.6) is 11.5 Å². The zero-order valence-electron chi connectivity index (χ0n) is 17.7. The number of ketones is 1. The molecule has 1 aliphatic heterocycles. The molecule has 6 nitrogen and oxygen atoms in total. The van der Waals surface area contributed by atoms with E-state index in [0.29, 0.717) is 18.7 Å². The van der Waals surface area contributed by atoms with Gasteiger partial charge in [0.1, 0.15) is 6.61 Å². The van der Waals surface area contributed by atoms with Crippen molar-refractivity contribution in [3.05, 3.63) is 83.2 Å². The second kappa shape index (κ2) is 9.08. The summed E-state index contributed by atoms with van der Waals surface area (Å²) in [7, 11) is 0. The Morgan fingerprint density at radius 1 is 1.03 bits per heavy atom. The summed E-state index contributed by atoms with van der Waals surface area (Å²) in [4.78, 5) is 24.8. The molecule has 6 heteroatoms. The minimum absolute atomic E-state index is 0.146. The number of Topliss-reactive ketones (excluding diaryl/α,β-unsaturated/α-hetero) is 1. The first-order valence-corrected chi connectivity index (χ1v) is 10.3. The van der Waals surface area contributed by atoms with E-state index in [9.17, 15) is 9.59 Å². The molecule has 0 radical (unpaired) electrons. The van der Waals surface area contributed by atoms with Crippen LogP contribution in [-0.4, -0.2) is 35.6 Å². The highest BCUT2D eigenvalue weighted by Gasteiger charge is 2.24. The standard InChI is InChI=1S/C25H25NO5/c1-17-12-21(22(27)16-30-25(28)13-19-8-4-3-5-9-19)18(2)26(17)14-20-15-29-23-10-6-7-11-24(23)31-20/h3-12,20H,13-16H2,1-2H3. The first kappa shape index (κ1) is 20.7. The molecular formula is C25H25NO5. The molecule has 2 aromatic carbocycles. The molecule has 0 amide bonds. The third-order valence-electron chi connectivity index (χ3n) is 5.38. The molecule has 1 unspecified atom stereocenters. The summed E-state index contributed by atoms with van der Waals surface area (Å²) < 4.78 is 19.1. The van der Waals surface area contributed by atoms with Gasteiger partial charge in [0, 0.05) is 17.0 Å². The monoisotopic (exact) mass is 419 g/mol. The maximum absolute atomic E-state index is 12.7. The Morgan fingerprint density at radius 2 is 1.74 bits per heavy atom. The molecule has 4 rings (SSSR count). The van der Waals surface area contributed by atoms with Gasteiger partial charge in [0.05, 0.1) is 13.0 Å². The summed E-state index contributed by atoms with van der Waals surface area (Å²) in [6, 6.07) is 18.7. The number of carbonyl (C=O) groups excluding carboxylic acids is 2. The average molecular weight is 419 g/mol. The molecule has 0 N–H and O–H groups in total. The lowest BCUT2D eigenvalue weighted by Crippen LogP contribution is -2.33. The molecule has 160 valence electrons. The molecule has 0 fully saturated rings. The van der Waals surface area contributed by atoms with Crippen LogP contribution in [-0.2, 0) is 22.5 Å². The van der Waals surface area contributed by atoms with Gasteiger partial charge >= 0.3 is 5.97 Å². The van der Waals surface area contributed by atoms with Crippen molar-refractivity contribution in [3.8, 4) is 11.5 Å². The highest BCUT2D eigenvalue weighted by Crippen LogP contribution is 2.31. The summed E-state index contributed by atoms with van der Waals surface area (Å²) in [5.41, 5.74) is 3.18. The number of esters is 1. The van der Waals surface area contributed by atoms with Crippen LogP contribution in [0.1, 0.15) is 27.3 Å². The van der Waals surface area contributed by atoms with E-state index in [2.05, 4.69) is 0 Å². The highest BCUT2D eigenvalue weighted by atomic mass is 16.6. The molecule has 0 spiro atoms. The van der Waals surface area contributed by atoms with Gasteiger partial charge < -0.3 is 18.8 Å². The van der Waals surface area contributed by atoms with Gasteiger partial charge in [-0.2, -0.15) is 0 Å². The molecule has 1 atom stereocenters. The molecular weight excluding hydrogens is 394 g/mol. The minimum Gasteiger partial charge on any atom is -0.486 e. The van der Waals surface area contributed by atoms with Crippen molar-refractivity contribution in [2.45, 2.75) is 32.9 Å². The summed E-state index contributed by atoms with van der Waals surface area (Å²) >= 11 is 0. The average Bonchev–Trinajstić information content (AvgIpc) is 3.06. The molecule has 2 heterocycles. The quantitative estimate of drug-likeness (QED) is 0.429. The first-order chi connectivity index (χ1) is 15.0. The van der Waals surface area contributed by atoms with Crippen LogP contribution in [0, 0.1) is 13.8 Å². The van der Waals surface area contributed by atoms with Gasteiger partial charge in [0.25, 0.3) is 0 Å². The fourth-order valence-corrected chi connectivity index (χ4v) is 3.76. The van der Waals surface area contributed by atoms with Crippen molar-refractivity contribution >= 4 is 11.8 Å². The van der Waals surface area contributed by atoms with E-state index in [1.807, 2.05) is 79.1 Å². The third-order valence-corrected chi connectivity index (χ3v) is 5.38. The minimum atomic E-state index is -0.417. The van der Waals surface area contributed by atoms with E-state index in [1.165, 1.54) is 0 Å². The fraction of sp³-hybridized carbons (Fsp3) is 0.280. The van der Waals surface area contributed by atoms with Crippen LogP contribution in [0.2, 0.25) is 0 Å². The lowest BCUT2D eigenvalue weighted by Gasteiger charge is -2.27. The van der Waals surface area contributed by atoms with Gasteiger partial charge in [-0.3, -0.25) is 9.59 Å². The van der Waals surface area contributed by atoms with Gasteiger partial charge in [-0.05, 0) is 37.6 Å². The number of carbonyl (C=O) groups is 2. The molecule has 3 aromatic rings. The van der Waals surface area contributed by atoms with Crippen LogP contribution < -0.4 is 9.47 Å². The number of ether oxygens (including phenoxy) is 3. The fourth-order valence-electron chi connectivity index (χ4n) is 3.76. The Kier molecular flexibility index (Phi) is 6.07. The zero-order chi connectivity index (χ0) is 21.8. The van der Waals surface area contributed by atoms with Crippen LogP contribution >= 0.6 is 0 Å². The predicted molar refractivity (Wildman–Crippen MR) is 116 cm³/mol. The number of hydrogen-bond acceptors (Lipinski definition) is 5. The van der Waals surface area contributed by atoms with E-state index < -0.39 is 5.97 Å². The van der Waals surface area contributed by atoms with E-state index in [1.54, 1.807) is 0 Å². The topological polar surface area (TPSA) is 66.8 Å². The summed E-state index contributed by atoms with van der Waals surface area (Å²) in [5.74, 6) is 0.836. The normalized spacial score (nSPS) is 14.8. The molecule has 1 aliphatic rings. The second-order valence-electron chi connectivity index (χ2n) is 7.64. The maximum Gasteiger partial charge on any atom is 0.310 e. The van der Waals surface area contributed by atoms with Crippen molar-refractivity contribution in [1.82, 2.24) is 4.57 Å². The SMILES string of the molecule is Cc1cc(C(=O)COC(=O)Cc2ccccc2)c(C)n1CC1COc2ccccc2O1. The van der Waals surface area contributed by atoms with Crippen LogP contribution in [0.4, 0.5) is 0 Å². The summed E-state index contributed by atoms with van der Waals surface area (Å²) in [6.45, 7) is 4.57. The van der Waals surface area contributed by atoms with E-state index in [-0.39, 0.29) is 24.9 Å². The largest absolute Gasteiger partial charge is 0.486 e. The number of para-hydroxylation sites is 2. The number of nitrogens with zero attached hydrogens (tertiary/aromatic N) is 1. The maximum atomic E-state index is 12.7. The number of rotatable bonds is 7. The second-order valence-corrected chi connectivity index (χ2v) is 7.64. The Bertz CT molecular complexity index is 1090. The Balaban J connectivity index is 1.37. The van der Waals surface area contributed by atoms with Crippen LogP contribution in [0.25, 0.3) is 0 Å². The van der Waals surface area contributed by atoms with E-state index in [0.717, 1.165) is 28.5 Å². The van der Waals surface area contributed by atoms with Crippen LogP contribution in [0.3, 0.4) is 0 Å². The Hall–Kier alpha value is -3.54. The van der Waals surface area contributed by atoms with Gasteiger partial charge in [-0.15, -0.1) is 0 Å². The Labute approximate surface area is 181 Å². The highest BCUT2D eigenvalue weighted by molar-refractivity contribution is 5.99. The zero-order valence-corrected chi connectivity index (χ0v) is 17.7. The van der Waals surface area contributed by atoms with Crippen molar-refractivity contribution in [1.29, 1.82) is 0 Å². The van der Waals surface area contributed by atoms with Crippen molar-refractivity contribution in [2.24, 2.45) is 0 Å². The number of benzene rings is 2. The number of aromatic nitrogens is 1. The molecule has 31 heavy (non-hydrogen) atoms. The number of hydrogen-bond donors (Lipinski definition) is 0.